The quantitative estimate of drug-likeness (QED) is 0.717. The van der Waals surface area contributed by atoms with Crippen LogP contribution in [-0.4, -0.2) is 41.8 Å². The first-order valence-electron chi connectivity index (χ1n) is 9.71. The van der Waals surface area contributed by atoms with E-state index in [1.165, 1.54) is 11.3 Å². The maximum Gasteiger partial charge on any atom is 0.336 e. The van der Waals surface area contributed by atoms with Gasteiger partial charge in [0.2, 0.25) is 0 Å². The molecule has 0 atom stereocenters. The molecule has 0 spiro atoms. The van der Waals surface area contributed by atoms with Crippen LogP contribution in [-0.2, 0) is 19.1 Å². The number of nitrogens with zero attached hydrogens (tertiary/aromatic N) is 2. The van der Waals surface area contributed by atoms with Crippen LogP contribution in [0.5, 0.6) is 0 Å². The van der Waals surface area contributed by atoms with Gasteiger partial charge in [-0.15, -0.1) is 11.3 Å². The summed E-state index contributed by atoms with van der Waals surface area (Å²) in [7, 11) is 0. The van der Waals surface area contributed by atoms with E-state index in [9.17, 15) is 9.59 Å². The molecule has 1 aliphatic heterocycles. The first-order valence-corrected chi connectivity index (χ1v) is 10.5. The van der Waals surface area contributed by atoms with Crippen LogP contribution in [0.4, 0.5) is 5.00 Å². The van der Waals surface area contributed by atoms with E-state index in [4.69, 9.17) is 14.0 Å². The van der Waals surface area contributed by atoms with Crippen LogP contribution in [0.25, 0.3) is 11.5 Å². The van der Waals surface area contributed by atoms with Crippen LogP contribution >= 0.6 is 11.3 Å². The summed E-state index contributed by atoms with van der Waals surface area (Å²) in [4.78, 5) is 30.8. The Morgan fingerprint density at radius 3 is 2.79 bits per heavy atom. The fourth-order valence-electron chi connectivity index (χ4n) is 3.23. The molecular formula is C20H23N3O5S. The van der Waals surface area contributed by atoms with Crippen LogP contribution in [0.1, 0.15) is 48.4 Å². The third-order valence-corrected chi connectivity index (χ3v) is 6.24. The average molecular weight is 417 g/mol. The Morgan fingerprint density at radius 2 is 2.07 bits per heavy atom. The second kappa shape index (κ2) is 8.08. The maximum absolute atomic E-state index is 13.0. The molecule has 0 aromatic carbocycles. The number of carbonyl (C=O) groups excluding carboxylic acids is 2. The number of esters is 1. The number of nitrogens with one attached hydrogen (secondary N) is 1. The molecule has 1 amide bonds. The van der Waals surface area contributed by atoms with Crippen molar-refractivity contribution in [3.63, 3.8) is 0 Å². The lowest BCUT2D eigenvalue weighted by molar-refractivity contribution is -0.139. The van der Waals surface area contributed by atoms with Gasteiger partial charge in [-0.05, 0) is 39.2 Å². The molecule has 2 aromatic heterocycles. The monoisotopic (exact) mass is 417 g/mol. The van der Waals surface area contributed by atoms with Crippen molar-refractivity contribution < 1.29 is 23.6 Å². The number of carbonyl (C=O) groups is 2. The molecule has 2 aliphatic rings. The highest BCUT2D eigenvalue weighted by Gasteiger charge is 2.31. The number of aromatic nitrogens is 2. The van der Waals surface area contributed by atoms with Crippen molar-refractivity contribution in [3.8, 4) is 11.5 Å². The Labute approximate surface area is 172 Å². The standard InChI is InChI=1S/C20H23N3O5S/c1-4-27-20(25)14-9-26-8-7-13(14)17(24)22-19-15(10(2)11(3)29-19)18-21-16(23-28-18)12-5-6-12/h12H,4-9H2,1-3H3,(H,22,24). The van der Waals surface area contributed by atoms with E-state index in [1.807, 2.05) is 13.8 Å². The Bertz CT molecular complexity index is 986. The van der Waals surface area contributed by atoms with Crippen molar-refractivity contribution in [2.24, 2.45) is 0 Å². The minimum atomic E-state index is -0.512. The molecular weight excluding hydrogens is 394 g/mol. The maximum atomic E-state index is 13.0. The Morgan fingerprint density at radius 1 is 1.28 bits per heavy atom. The lowest BCUT2D eigenvalue weighted by Gasteiger charge is -2.19. The molecule has 0 radical (unpaired) electrons. The van der Waals surface area contributed by atoms with Gasteiger partial charge >= 0.3 is 5.97 Å². The van der Waals surface area contributed by atoms with Crippen molar-refractivity contribution in [3.05, 3.63) is 27.4 Å². The molecule has 0 saturated heterocycles. The minimum absolute atomic E-state index is 0.0747. The fraction of sp³-hybridized carbons (Fsp3) is 0.500. The van der Waals surface area contributed by atoms with Gasteiger partial charge in [-0.2, -0.15) is 4.98 Å². The predicted molar refractivity (Wildman–Crippen MR) is 107 cm³/mol. The molecule has 29 heavy (non-hydrogen) atoms. The molecule has 1 N–H and O–H groups in total. The molecule has 9 heteroatoms. The van der Waals surface area contributed by atoms with Crippen LogP contribution in [0.15, 0.2) is 15.7 Å². The van der Waals surface area contributed by atoms with Gasteiger partial charge in [0.15, 0.2) is 5.82 Å². The molecule has 1 fully saturated rings. The number of thiophene rings is 1. The van der Waals surface area contributed by atoms with Crippen LogP contribution in [0.3, 0.4) is 0 Å². The molecule has 3 heterocycles. The summed E-state index contributed by atoms with van der Waals surface area (Å²) in [5, 5.41) is 7.68. The van der Waals surface area contributed by atoms with E-state index >= 15 is 0 Å². The van der Waals surface area contributed by atoms with Crippen molar-refractivity contribution in [1.29, 1.82) is 0 Å². The Balaban J connectivity index is 1.64. The number of hydrogen-bond donors (Lipinski definition) is 1. The number of amides is 1. The van der Waals surface area contributed by atoms with Gasteiger partial charge in [0, 0.05) is 22.8 Å². The molecule has 0 bridgehead atoms. The molecule has 1 saturated carbocycles. The normalized spacial score (nSPS) is 16.8. The van der Waals surface area contributed by atoms with Gasteiger partial charge in [-0.3, -0.25) is 4.79 Å². The number of hydrogen-bond acceptors (Lipinski definition) is 8. The minimum Gasteiger partial charge on any atom is -0.463 e. The van der Waals surface area contributed by atoms with Gasteiger partial charge in [0.25, 0.3) is 11.8 Å². The number of aryl methyl sites for hydroxylation is 1. The molecule has 0 unspecified atom stereocenters. The second-order valence-electron chi connectivity index (χ2n) is 7.15. The van der Waals surface area contributed by atoms with Crippen molar-refractivity contribution in [2.45, 2.75) is 46.0 Å². The highest BCUT2D eigenvalue weighted by molar-refractivity contribution is 7.17. The Hall–Kier alpha value is -2.52. The summed E-state index contributed by atoms with van der Waals surface area (Å²) in [6.45, 7) is 6.38. The zero-order valence-electron chi connectivity index (χ0n) is 16.7. The molecule has 2 aromatic rings. The van der Waals surface area contributed by atoms with E-state index in [0.717, 1.165) is 34.7 Å². The van der Waals surface area contributed by atoms with Gasteiger partial charge in [-0.1, -0.05) is 5.16 Å². The first-order chi connectivity index (χ1) is 14.0. The summed E-state index contributed by atoms with van der Waals surface area (Å²) in [5.41, 5.74) is 2.40. The molecule has 154 valence electrons. The lowest BCUT2D eigenvalue weighted by atomic mass is 10.0. The van der Waals surface area contributed by atoms with Crippen molar-refractivity contribution in [1.82, 2.24) is 10.1 Å². The van der Waals surface area contributed by atoms with E-state index in [-0.39, 0.29) is 24.7 Å². The summed E-state index contributed by atoms with van der Waals surface area (Å²) >= 11 is 1.45. The lowest BCUT2D eigenvalue weighted by Crippen LogP contribution is -2.26. The van der Waals surface area contributed by atoms with Crippen molar-refractivity contribution >= 4 is 28.2 Å². The highest BCUT2D eigenvalue weighted by atomic mass is 32.1. The summed E-state index contributed by atoms with van der Waals surface area (Å²) in [5.74, 6) is 0.667. The highest BCUT2D eigenvalue weighted by Crippen LogP contribution is 2.43. The predicted octanol–water partition coefficient (Wildman–Crippen LogP) is 3.51. The second-order valence-corrected chi connectivity index (χ2v) is 8.38. The molecule has 1 aliphatic carbocycles. The largest absolute Gasteiger partial charge is 0.463 e. The first kappa shape index (κ1) is 19.8. The number of ether oxygens (including phenoxy) is 2. The van der Waals surface area contributed by atoms with E-state index in [1.54, 1.807) is 6.92 Å². The smallest absolute Gasteiger partial charge is 0.336 e. The fourth-order valence-corrected chi connectivity index (χ4v) is 4.28. The van der Waals surface area contributed by atoms with Crippen LogP contribution < -0.4 is 5.32 Å². The van der Waals surface area contributed by atoms with Gasteiger partial charge in [0.05, 0.1) is 31.0 Å². The van der Waals surface area contributed by atoms with Crippen LogP contribution in [0, 0.1) is 13.8 Å². The zero-order valence-corrected chi connectivity index (χ0v) is 17.5. The molecule has 8 nitrogen and oxygen atoms in total. The van der Waals surface area contributed by atoms with E-state index in [2.05, 4.69) is 15.5 Å². The number of anilines is 1. The SMILES string of the molecule is CCOC(=O)C1=C(C(=O)Nc2sc(C)c(C)c2-c2nc(C3CC3)no2)CCOC1. The van der Waals surface area contributed by atoms with Gasteiger partial charge in [0.1, 0.15) is 5.00 Å². The zero-order chi connectivity index (χ0) is 20.5. The average Bonchev–Trinajstić information content (AvgIpc) is 3.39. The third kappa shape index (κ3) is 3.97. The summed E-state index contributed by atoms with van der Waals surface area (Å²) in [6, 6.07) is 0. The third-order valence-electron chi connectivity index (χ3n) is 5.11. The summed E-state index contributed by atoms with van der Waals surface area (Å²) in [6.07, 6.45) is 2.51. The van der Waals surface area contributed by atoms with E-state index < -0.39 is 5.97 Å². The topological polar surface area (TPSA) is 104 Å². The number of rotatable bonds is 6. The summed E-state index contributed by atoms with van der Waals surface area (Å²) < 4.78 is 15.9. The van der Waals surface area contributed by atoms with Crippen molar-refractivity contribution in [2.75, 3.05) is 25.1 Å². The van der Waals surface area contributed by atoms with Gasteiger partial charge < -0.3 is 19.3 Å². The van der Waals surface area contributed by atoms with E-state index in [0.29, 0.717) is 35.4 Å². The Kier molecular flexibility index (Phi) is 5.51. The van der Waals surface area contributed by atoms with Crippen LogP contribution in [0.2, 0.25) is 0 Å². The van der Waals surface area contributed by atoms with Gasteiger partial charge in [-0.25, -0.2) is 4.79 Å². The molecule has 4 rings (SSSR count).